The highest BCUT2D eigenvalue weighted by Crippen LogP contribution is 2.24. The maximum Gasteiger partial charge on any atom is 0.339 e. The van der Waals surface area contributed by atoms with Crippen LogP contribution in [0.3, 0.4) is 0 Å². The summed E-state index contributed by atoms with van der Waals surface area (Å²) in [6.07, 6.45) is 1.72. The van der Waals surface area contributed by atoms with Crippen LogP contribution < -0.4 is 4.74 Å². The van der Waals surface area contributed by atoms with Crippen molar-refractivity contribution in [1.29, 1.82) is 0 Å². The van der Waals surface area contributed by atoms with E-state index in [1.165, 1.54) is 18.2 Å². The highest BCUT2D eigenvalue weighted by atomic mass is 19.1. The zero-order chi connectivity index (χ0) is 13.0. The molecule has 98 valence electrons. The zero-order valence-corrected chi connectivity index (χ0v) is 9.89. The molecule has 0 unspecified atom stereocenters. The van der Waals surface area contributed by atoms with Crippen LogP contribution in [0.5, 0.6) is 5.75 Å². The second kappa shape index (κ2) is 5.82. The van der Waals surface area contributed by atoms with Crippen molar-refractivity contribution in [3.8, 4) is 5.75 Å². The topological polar surface area (TPSA) is 55.8 Å². The van der Waals surface area contributed by atoms with Crippen LogP contribution in [0, 0.1) is 11.7 Å². The number of aromatic carboxylic acids is 1. The normalized spacial score (nSPS) is 16.5. The van der Waals surface area contributed by atoms with Gasteiger partial charge in [0.2, 0.25) is 0 Å². The lowest BCUT2D eigenvalue weighted by Crippen LogP contribution is -2.22. The molecule has 1 aromatic rings. The molecule has 1 aromatic carbocycles. The molecule has 4 nitrogen and oxygen atoms in total. The fourth-order valence-corrected chi connectivity index (χ4v) is 1.94. The van der Waals surface area contributed by atoms with E-state index in [2.05, 4.69) is 0 Å². The Morgan fingerprint density at radius 1 is 1.44 bits per heavy atom. The molecule has 0 amide bonds. The monoisotopic (exact) mass is 254 g/mol. The second-order valence-corrected chi connectivity index (χ2v) is 4.29. The molecule has 0 saturated carbocycles. The minimum atomic E-state index is -1.18. The van der Waals surface area contributed by atoms with Gasteiger partial charge in [-0.3, -0.25) is 0 Å². The van der Waals surface area contributed by atoms with E-state index in [9.17, 15) is 9.18 Å². The maximum atomic E-state index is 13.6. The third kappa shape index (κ3) is 2.98. The third-order valence-corrected chi connectivity index (χ3v) is 3.00. The highest BCUT2D eigenvalue weighted by Gasteiger charge is 2.19. The molecule has 0 aromatic heterocycles. The van der Waals surface area contributed by atoms with Crippen LogP contribution >= 0.6 is 0 Å². The van der Waals surface area contributed by atoms with Gasteiger partial charge in [-0.2, -0.15) is 0 Å². The molecule has 1 N–H and O–H groups in total. The van der Waals surface area contributed by atoms with Crippen LogP contribution in [0.15, 0.2) is 18.2 Å². The lowest BCUT2D eigenvalue weighted by atomic mass is 10.0. The van der Waals surface area contributed by atoms with Gasteiger partial charge in [-0.25, -0.2) is 9.18 Å². The molecule has 0 atom stereocenters. The van der Waals surface area contributed by atoms with Crippen LogP contribution in [0.25, 0.3) is 0 Å². The fourth-order valence-electron chi connectivity index (χ4n) is 1.94. The molecule has 1 aliphatic rings. The summed E-state index contributed by atoms with van der Waals surface area (Å²) in [7, 11) is 0. The Bertz CT molecular complexity index is 427. The van der Waals surface area contributed by atoms with Gasteiger partial charge in [0.1, 0.15) is 5.56 Å². The largest absolute Gasteiger partial charge is 0.489 e. The molecule has 1 heterocycles. The smallest absolute Gasteiger partial charge is 0.339 e. The van der Waals surface area contributed by atoms with Gasteiger partial charge in [-0.05, 0) is 30.9 Å². The summed E-state index contributed by atoms with van der Waals surface area (Å²) in [6, 6.07) is 3.90. The number of halogens is 1. The first-order valence-corrected chi connectivity index (χ1v) is 5.91. The minimum Gasteiger partial charge on any atom is -0.489 e. The molecule has 0 radical (unpaired) electrons. The summed E-state index contributed by atoms with van der Waals surface area (Å²) in [6.45, 7) is 1.68. The van der Waals surface area contributed by atoms with Crippen LogP contribution in [0.4, 0.5) is 4.39 Å². The highest BCUT2D eigenvalue weighted by molar-refractivity contribution is 5.90. The van der Waals surface area contributed by atoms with Crippen molar-refractivity contribution in [3.63, 3.8) is 0 Å². The number of ether oxygens (including phenoxy) is 2. The van der Waals surface area contributed by atoms with Crippen molar-refractivity contribution < 1.29 is 23.8 Å². The first kappa shape index (κ1) is 12.8. The quantitative estimate of drug-likeness (QED) is 0.896. The van der Waals surface area contributed by atoms with Gasteiger partial charge in [0.15, 0.2) is 11.6 Å². The van der Waals surface area contributed by atoms with Crippen LogP contribution in [-0.4, -0.2) is 30.9 Å². The molecule has 0 aliphatic carbocycles. The van der Waals surface area contributed by atoms with E-state index in [4.69, 9.17) is 14.6 Å². The number of hydrogen-bond donors (Lipinski definition) is 1. The summed E-state index contributed by atoms with van der Waals surface area (Å²) in [4.78, 5) is 11.0. The predicted octanol–water partition coefficient (Wildman–Crippen LogP) is 2.33. The average molecular weight is 254 g/mol. The summed E-state index contributed by atoms with van der Waals surface area (Å²) in [5.74, 6) is -1.70. The number of benzene rings is 1. The molecule has 1 fully saturated rings. The molecular formula is C13H15FO4. The van der Waals surface area contributed by atoms with Crippen molar-refractivity contribution in [1.82, 2.24) is 0 Å². The molecule has 0 bridgehead atoms. The first-order valence-electron chi connectivity index (χ1n) is 5.91. The number of carboxylic acids is 1. The van der Waals surface area contributed by atoms with Gasteiger partial charge in [-0.1, -0.05) is 6.07 Å². The lowest BCUT2D eigenvalue weighted by Gasteiger charge is -2.22. The molecule has 2 rings (SSSR count). The van der Waals surface area contributed by atoms with E-state index in [1.54, 1.807) is 0 Å². The van der Waals surface area contributed by atoms with E-state index in [-0.39, 0.29) is 11.3 Å². The van der Waals surface area contributed by atoms with Gasteiger partial charge in [0, 0.05) is 13.2 Å². The summed E-state index contributed by atoms with van der Waals surface area (Å²) >= 11 is 0. The predicted molar refractivity (Wildman–Crippen MR) is 62.4 cm³/mol. The molecule has 0 spiro atoms. The van der Waals surface area contributed by atoms with Crippen LogP contribution in [-0.2, 0) is 4.74 Å². The van der Waals surface area contributed by atoms with Crippen LogP contribution in [0.1, 0.15) is 23.2 Å². The van der Waals surface area contributed by atoms with Gasteiger partial charge >= 0.3 is 5.97 Å². The minimum absolute atomic E-state index is 0.137. The Morgan fingerprint density at radius 3 is 2.83 bits per heavy atom. The van der Waals surface area contributed by atoms with Gasteiger partial charge in [0.05, 0.1) is 6.61 Å². The van der Waals surface area contributed by atoms with E-state index in [1.807, 2.05) is 0 Å². The molecule has 1 aliphatic heterocycles. The Balaban J connectivity index is 2.05. The number of para-hydroxylation sites is 1. The van der Waals surface area contributed by atoms with E-state index < -0.39 is 11.8 Å². The molecular weight excluding hydrogens is 239 g/mol. The fraction of sp³-hybridized carbons (Fsp3) is 0.462. The Labute approximate surface area is 104 Å². The summed E-state index contributed by atoms with van der Waals surface area (Å²) in [5, 5.41) is 8.96. The molecule has 1 saturated heterocycles. The van der Waals surface area contributed by atoms with E-state index >= 15 is 0 Å². The van der Waals surface area contributed by atoms with Gasteiger partial charge < -0.3 is 14.6 Å². The second-order valence-electron chi connectivity index (χ2n) is 4.29. The lowest BCUT2D eigenvalue weighted by molar-refractivity contribution is 0.0483. The van der Waals surface area contributed by atoms with E-state index in [0.29, 0.717) is 25.7 Å². The zero-order valence-electron chi connectivity index (χ0n) is 9.89. The summed E-state index contributed by atoms with van der Waals surface area (Å²) in [5.41, 5.74) is -0.137. The SMILES string of the molecule is O=C(O)c1cccc(F)c1OCC1CCOCC1. The van der Waals surface area contributed by atoms with E-state index in [0.717, 1.165) is 12.8 Å². The number of hydrogen-bond acceptors (Lipinski definition) is 3. The Hall–Kier alpha value is -1.62. The standard InChI is InChI=1S/C13H15FO4/c14-11-3-1-2-10(13(15)16)12(11)18-8-9-4-6-17-7-5-9/h1-3,9H,4-8H2,(H,15,16). The van der Waals surface area contributed by atoms with Crippen molar-refractivity contribution in [3.05, 3.63) is 29.6 Å². The van der Waals surface area contributed by atoms with Gasteiger partial charge in [0.25, 0.3) is 0 Å². The van der Waals surface area contributed by atoms with Crippen molar-refractivity contribution in [2.75, 3.05) is 19.8 Å². The summed E-state index contributed by atoms with van der Waals surface area (Å²) < 4.78 is 24.1. The van der Waals surface area contributed by atoms with Crippen molar-refractivity contribution >= 4 is 5.97 Å². The Kier molecular flexibility index (Phi) is 4.15. The molecule has 5 heteroatoms. The number of rotatable bonds is 4. The van der Waals surface area contributed by atoms with Crippen molar-refractivity contribution in [2.45, 2.75) is 12.8 Å². The average Bonchev–Trinajstić information content (AvgIpc) is 2.38. The van der Waals surface area contributed by atoms with Gasteiger partial charge in [-0.15, -0.1) is 0 Å². The Morgan fingerprint density at radius 2 is 2.17 bits per heavy atom. The maximum absolute atomic E-state index is 13.6. The van der Waals surface area contributed by atoms with Crippen molar-refractivity contribution in [2.24, 2.45) is 5.92 Å². The first-order chi connectivity index (χ1) is 8.68. The third-order valence-electron chi connectivity index (χ3n) is 3.00. The number of carboxylic acid groups (broad SMARTS) is 1. The number of carbonyl (C=O) groups is 1. The molecule has 18 heavy (non-hydrogen) atoms. The van der Waals surface area contributed by atoms with Crippen LogP contribution in [0.2, 0.25) is 0 Å².